The number of hydrogen-bond donors (Lipinski definition) is 1. The summed E-state index contributed by atoms with van der Waals surface area (Å²) in [5.74, 6) is -0.525. The summed E-state index contributed by atoms with van der Waals surface area (Å²) in [6, 6.07) is 14.3. The number of fused-ring (bicyclic) bond motifs is 2. The second-order valence-corrected chi connectivity index (χ2v) is 11.4. The zero-order valence-corrected chi connectivity index (χ0v) is 23.8. The van der Waals surface area contributed by atoms with Crippen molar-refractivity contribution >= 4 is 51.2 Å². The first-order chi connectivity index (χ1) is 19.7. The van der Waals surface area contributed by atoms with Gasteiger partial charge in [0.2, 0.25) is 0 Å². The lowest BCUT2D eigenvalue weighted by atomic mass is 9.87. The molecule has 2 aromatic heterocycles. The fourth-order valence-corrected chi connectivity index (χ4v) is 6.22. The third-order valence-electron chi connectivity index (χ3n) is 7.93. The molecule has 0 bridgehead atoms. The molecule has 3 heterocycles. The van der Waals surface area contributed by atoms with Crippen LogP contribution in [0.15, 0.2) is 65.2 Å². The number of piperidine rings is 1. The highest BCUT2D eigenvalue weighted by atomic mass is 32.2. The van der Waals surface area contributed by atoms with Gasteiger partial charge in [-0.25, -0.2) is 8.78 Å². The van der Waals surface area contributed by atoms with Crippen LogP contribution >= 0.6 is 11.9 Å². The first-order valence-corrected chi connectivity index (χ1v) is 14.6. The van der Waals surface area contributed by atoms with Crippen LogP contribution in [-0.2, 0) is 0 Å². The zero-order valence-electron chi connectivity index (χ0n) is 23.0. The topological polar surface area (TPSA) is 69.6 Å². The fourth-order valence-electron chi connectivity index (χ4n) is 5.86. The van der Waals surface area contributed by atoms with Gasteiger partial charge in [0, 0.05) is 66.4 Å². The van der Waals surface area contributed by atoms with Crippen molar-refractivity contribution in [2.24, 2.45) is 0 Å². The van der Waals surface area contributed by atoms with Gasteiger partial charge in [-0.2, -0.15) is 0 Å². The Morgan fingerprint density at radius 2 is 1.80 bits per heavy atom. The van der Waals surface area contributed by atoms with Crippen molar-refractivity contribution in [3.8, 4) is 11.3 Å². The number of nitrogens with one attached hydrogen (secondary N) is 1. The van der Waals surface area contributed by atoms with Crippen molar-refractivity contribution in [1.29, 1.82) is 0 Å². The Labute approximate surface area is 240 Å². The van der Waals surface area contributed by atoms with E-state index >= 15 is 0 Å². The molecule has 41 heavy (non-hydrogen) atoms. The predicted octanol–water partition coefficient (Wildman–Crippen LogP) is 7.80. The Bertz CT molecular complexity index is 1790. The summed E-state index contributed by atoms with van der Waals surface area (Å²) in [4.78, 5) is 31.5. The number of likely N-dealkylation sites (tertiary alicyclic amines) is 1. The van der Waals surface area contributed by atoms with Gasteiger partial charge in [0.1, 0.15) is 23.0 Å². The minimum atomic E-state index is -0.364. The van der Waals surface area contributed by atoms with E-state index in [1.54, 1.807) is 36.3 Å². The highest BCUT2D eigenvalue weighted by Crippen LogP contribution is 2.42. The summed E-state index contributed by atoms with van der Waals surface area (Å²) >= 11 is 1.56. The molecule has 5 aromatic rings. The Hall–Kier alpha value is -4.11. The lowest BCUT2D eigenvalue weighted by molar-refractivity contribution is 0.0709. The molecule has 0 spiro atoms. The minimum absolute atomic E-state index is 0.0216. The molecule has 1 saturated heterocycles. The van der Waals surface area contributed by atoms with Crippen LogP contribution in [0.5, 0.6) is 0 Å². The number of nitrogens with zero attached hydrogens (tertiary/aromatic N) is 2. The fraction of sp³-hybridized carbons (Fsp3) is 0.250. The molecule has 1 fully saturated rings. The molecule has 1 aliphatic heterocycles. The SMILES string of the molecule is CSN(C)c1cc2oc(-c3ccc(F)cc3)c(C(C)=O)c2cc1[C@H]1CCCN(C(=O)c2c[nH]c3cc(F)ccc23)C1. The van der Waals surface area contributed by atoms with E-state index in [4.69, 9.17) is 4.42 Å². The van der Waals surface area contributed by atoms with Crippen LogP contribution in [0.25, 0.3) is 33.2 Å². The number of aromatic amines is 1. The summed E-state index contributed by atoms with van der Waals surface area (Å²) in [5, 5.41) is 1.40. The summed E-state index contributed by atoms with van der Waals surface area (Å²) in [6.45, 7) is 2.64. The largest absolute Gasteiger partial charge is 0.455 e. The molecule has 1 aliphatic rings. The maximum absolute atomic E-state index is 13.7. The number of anilines is 1. The van der Waals surface area contributed by atoms with E-state index in [0.717, 1.165) is 24.1 Å². The Morgan fingerprint density at radius 3 is 2.54 bits per heavy atom. The molecule has 1 N–H and O–H groups in total. The number of halogens is 2. The van der Waals surface area contributed by atoms with Crippen LogP contribution in [0.2, 0.25) is 0 Å². The molecule has 6 nitrogen and oxygen atoms in total. The highest BCUT2D eigenvalue weighted by molar-refractivity contribution is 7.99. The van der Waals surface area contributed by atoms with Gasteiger partial charge < -0.3 is 18.6 Å². The van der Waals surface area contributed by atoms with Gasteiger partial charge >= 0.3 is 0 Å². The number of furan rings is 1. The monoisotopic (exact) mass is 573 g/mol. The lowest BCUT2D eigenvalue weighted by Crippen LogP contribution is -2.39. The van der Waals surface area contributed by atoms with E-state index in [0.29, 0.717) is 57.4 Å². The van der Waals surface area contributed by atoms with E-state index in [1.165, 1.54) is 31.2 Å². The molecule has 1 amide bonds. The van der Waals surface area contributed by atoms with Gasteiger partial charge in [0.15, 0.2) is 5.78 Å². The van der Waals surface area contributed by atoms with Crippen molar-refractivity contribution in [2.45, 2.75) is 25.7 Å². The molecule has 1 atom stereocenters. The molecule has 210 valence electrons. The maximum atomic E-state index is 13.7. The third kappa shape index (κ3) is 4.88. The number of carbonyl (C=O) groups excluding carboxylic acids is 2. The summed E-state index contributed by atoms with van der Waals surface area (Å²) in [6.07, 6.45) is 5.33. The molecule has 0 aliphatic carbocycles. The number of carbonyl (C=O) groups is 2. The lowest BCUT2D eigenvalue weighted by Gasteiger charge is -2.35. The van der Waals surface area contributed by atoms with Crippen LogP contribution in [0.4, 0.5) is 14.5 Å². The number of rotatable bonds is 6. The zero-order chi connectivity index (χ0) is 28.8. The van der Waals surface area contributed by atoms with Gasteiger partial charge in [-0.15, -0.1) is 0 Å². The van der Waals surface area contributed by atoms with Crippen molar-refractivity contribution in [3.63, 3.8) is 0 Å². The van der Waals surface area contributed by atoms with Crippen molar-refractivity contribution < 1.29 is 22.8 Å². The van der Waals surface area contributed by atoms with Gasteiger partial charge in [0.25, 0.3) is 5.91 Å². The van der Waals surface area contributed by atoms with Crippen molar-refractivity contribution in [2.75, 3.05) is 30.7 Å². The van der Waals surface area contributed by atoms with Gasteiger partial charge in [-0.1, -0.05) is 11.9 Å². The molecular weight excluding hydrogens is 544 g/mol. The van der Waals surface area contributed by atoms with Crippen LogP contribution in [-0.4, -0.2) is 48.0 Å². The number of aromatic nitrogens is 1. The second-order valence-electron chi connectivity index (χ2n) is 10.4. The van der Waals surface area contributed by atoms with Crippen LogP contribution in [0.1, 0.15) is 52.0 Å². The van der Waals surface area contributed by atoms with Crippen molar-refractivity contribution in [1.82, 2.24) is 9.88 Å². The number of Topliss-reactive ketones (excluding diaryl/α,β-unsaturated/α-hetero) is 1. The van der Waals surface area contributed by atoms with Crippen LogP contribution < -0.4 is 4.31 Å². The van der Waals surface area contributed by atoms with E-state index in [-0.39, 0.29) is 29.2 Å². The van der Waals surface area contributed by atoms with Gasteiger partial charge in [-0.3, -0.25) is 9.59 Å². The number of amides is 1. The number of hydrogen-bond acceptors (Lipinski definition) is 5. The first-order valence-electron chi connectivity index (χ1n) is 13.5. The van der Waals surface area contributed by atoms with Crippen LogP contribution in [0.3, 0.4) is 0 Å². The number of ketones is 1. The average Bonchev–Trinajstić information content (AvgIpc) is 3.57. The van der Waals surface area contributed by atoms with Gasteiger partial charge in [0.05, 0.1) is 16.8 Å². The molecule has 0 unspecified atom stereocenters. The minimum Gasteiger partial charge on any atom is -0.455 e. The summed E-state index contributed by atoms with van der Waals surface area (Å²) in [7, 11) is 1.97. The quantitative estimate of drug-likeness (QED) is 0.166. The molecule has 9 heteroatoms. The molecule has 0 radical (unpaired) electrons. The first kappa shape index (κ1) is 27.1. The van der Waals surface area contributed by atoms with Gasteiger partial charge in [-0.05, 0) is 73.9 Å². The maximum Gasteiger partial charge on any atom is 0.256 e. The summed E-state index contributed by atoms with van der Waals surface area (Å²) < 4.78 is 35.6. The Kier molecular flexibility index (Phi) is 7.07. The van der Waals surface area contributed by atoms with E-state index in [2.05, 4.69) is 9.29 Å². The highest BCUT2D eigenvalue weighted by Gasteiger charge is 2.30. The van der Waals surface area contributed by atoms with E-state index in [9.17, 15) is 18.4 Å². The number of H-pyrrole nitrogens is 1. The second kappa shape index (κ2) is 10.7. The molecular formula is C32H29F2N3O3S. The predicted molar refractivity (Wildman–Crippen MR) is 160 cm³/mol. The number of benzene rings is 3. The van der Waals surface area contributed by atoms with Crippen LogP contribution in [0, 0.1) is 11.6 Å². The smallest absolute Gasteiger partial charge is 0.256 e. The summed E-state index contributed by atoms with van der Waals surface area (Å²) in [5.41, 5.74) is 4.75. The normalized spacial score (nSPS) is 15.5. The van der Waals surface area contributed by atoms with Crippen molar-refractivity contribution in [3.05, 3.63) is 89.1 Å². The Balaban J connectivity index is 1.41. The molecule has 3 aromatic carbocycles. The molecule has 0 saturated carbocycles. The van der Waals surface area contributed by atoms with E-state index < -0.39 is 0 Å². The average molecular weight is 574 g/mol. The third-order valence-corrected chi connectivity index (χ3v) is 8.68. The standard InChI is InChI=1S/C32H29F2N3O3S/c1-18(38)30-25-14-24(28(36(2)41-3)15-29(25)40-31(30)19-6-8-21(33)9-7-19)20-5-4-12-37(17-20)32(39)26-16-35-27-13-22(34)10-11-23(26)27/h6-11,13-16,20,35H,4-5,12,17H2,1-3H3/t20-/m0/s1. The van der Waals surface area contributed by atoms with E-state index in [1.807, 2.05) is 30.3 Å². The molecule has 6 rings (SSSR count). The Morgan fingerprint density at radius 1 is 1.05 bits per heavy atom.